The van der Waals surface area contributed by atoms with E-state index in [0.717, 1.165) is 4.47 Å². The molecular formula is C13H9BrO. The summed E-state index contributed by atoms with van der Waals surface area (Å²) in [6, 6.07) is 6.28. The van der Waals surface area contributed by atoms with Crippen LogP contribution in [-0.2, 0) is 4.74 Å². The third kappa shape index (κ3) is 1.45. The first kappa shape index (κ1) is 8.98. The molecule has 0 saturated carbocycles. The largest absolute Gasteiger partial charge is 0.489 e. The number of allylic oxidation sites excluding steroid dienone is 2. The van der Waals surface area contributed by atoms with Gasteiger partial charge in [0.2, 0.25) is 0 Å². The molecule has 1 aliphatic heterocycles. The fraction of sp³-hybridized carbons (Fsp3) is 0.0769. The topological polar surface area (TPSA) is 9.23 Å². The van der Waals surface area contributed by atoms with E-state index in [2.05, 4.69) is 52.4 Å². The van der Waals surface area contributed by atoms with Gasteiger partial charge in [0.15, 0.2) is 0 Å². The third-order valence-corrected chi connectivity index (χ3v) is 3.16. The highest BCUT2D eigenvalue weighted by atomic mass is 79.9. The molecule has 0 spiro atoms. The van der Waals surface area contributed by atoms with E-state index in [1.54, 1.807) is 6.26 Å². The summed E-state index contributed by atoms with van der Waals surface area (Å²) in [5.41, 5.74) is 3.67. The van der Waals surface area contributed by atoms with Gasteiger partial charge in [0.25, 0.3) is 0 Å². The summed E-state index contributed by atoms with van der Waals surface area (Å²) < 4.78 is 6.73. The van der Waals surface area contributed by atoms with E-state index in [-0.39, 0.29) is 6.10 Å². The van der Waals surface area contributed by atoms with Crippen LogP contribution < -0.4 is 0 Å². The Morgan fingerprint density at radius 3 is 3.07 bits per heavy atom. The summed E-state index contributed by atoms with van der Waals surface area (Å²) >= 11 is 3.48. The summed E-state index contributed by atoms with van der Waals surface area (Å²) in [5, 5.41) is 0. The van der Waals surface area contributed by atoms with E-state index in [0.29, 0.717) is 0 Å². The SMILES string of the molecule is Brc1ccc2c(c1)C=CC1=CC=COC12. The number of benzene rings is 1. The summed E-state index contributed by atoms with van der Waals surface area (Å²) in [5.74, 6) is 0. The van der Waals surface area contributed by atoms with Crippen LogP contribution in [0.4, 0.5) is 0 Å². The normalized spacial score (nSPS) is 21.4. The Balaban J connectivity index is 2.16. The van der Waals surface area contributed by atoms with Crippen molar-refractivity contribution in [3.8, 4) is 0 Å². The Hall–Kier alpha value is -1.28. The Labute approximate surface area is 96.9 Å². The van der Waals surface area contributed by atoms with Gasteiger partial charge < -0.3 is 4.74 Å². The van der Waals surface area contributed by atoms with Gasteiger partial charge in [0.05, 0.1) is 6.26 Å². The number of hydrogen-bond donors (Lipinski definition) is 0. The van der Waals surface area contributed by atoms with Crippen molar-refractivity contribution in [1.82, 2.24) is 0 Å². The maximum Gasteiger partial charge on any atom is 0.149 e. The number of fused-ring (bicyclic) bond motifs is 3. The van der Waals surface area contributed by atoms with Gasteiger partial charge in [-0.2, -0.15) is 0 Å². The molecule has 1 heterocycles. The molecule has 1 unspecified atom stereocenters. The van der Waals surface area contributed by atoms with Crippen molar-refractivity contribution < 1.29 is 4.74 Å². The van der Waals surface area contributed by atoms with Crippen LogP contribution in [0.25, 0.3) is 6.08 Å². The molecule has 0 fully saturated rings. The minimum absolute atomic E-state index is 0.0723. The van der Waals surface area contributed by atoms with Gasteiger partial charge in [-0.05, 0) is 29.3 Å². The lowest BCUT2D eigenvalue weighted by Crippen LogP contribution is -2.10. The Morgan fingerprint density at radius 1 is 1.20 bits per heavy atom. The van der Waals surface area contributed by atoms with E-state index in [1.807, 2.05) is 6.08 Å². The summed E-state index contributed by atoms with van der Waals surface area (Å²) in [6.07, 6.45) is 10.1. The van der Waals surface area contributed by atoms with Gasteiger partial charge in [-0.1, -0.05) is 40.2 Å². The molecule has 0 saturated heterocycles. The van der Waals surface area contributed by atoms with Crippen LogP contribution in [-0.4, -0.2) is 0 Å². The molecule has 15 heavy (non-hydrogen) atoms. The quantitative estimate of drug-likeness (QED) is 0.686. The minimum atomic E-state index is 0.0723. The molecule has 0 amide bonds. The van der Waals surface area contributed by atoms with Gasteiger partial charge in [0.1, 0.15) is 6.10 Å². The first-order valence-corrected chi connectivity index (χ1v) is 5.63. The van der Waals surface area contributed by atoms with Gasteiger partial charge in [-0.15, -0.1) is 0 Å². The predicted molar refractivity (Wildman–Crippen MR) is 64.2 cm³/mol. The van der Waals surface area contributed by atoms with Crippen molar-refractivity contribution in [1.29, 1.82) is 0 Å². The standard InChI is InChI=1S/C13H9BrO/c14-11-5-6-12-10(8-11)4-3-9-2-1-7-15-13(9)12/h1-8,13H. The fourth-order valence-corrected chi connectivity index (χ4v) is 2.33. The molecule has 1 nitrogen and oxygen atoms in total. The minimum Gasteiger partial charge on any atom is -0.489 e. The second-order valence-corrected chi connectivity index (χ2v) is 4.53. The molecule has 1 aromatic rings. The molecule has 0 radical (unpaired) electrons. The lowest BCUT2D eigenvalue weighted by atomic mass is 9.90. The highest BCUT2D eigenvalue weighted by Gasteiger charge is 2.22. The van der Waals surface area contributed by atoms with E-state index >= 15 is 0 Å². The zero-order chi connectivity index (χ0) is 10.3. The van der Waals surface area contributed by atoms with Gasteiger partial charge in [-0.3, -0.25) is 0 Å². The monoisotopic (exact) mass is 260 g/mol. The molecule has 1 aliphatic carbocycles. The number of halogens is 1. The van der Waals surface area contributed by atoms with Crippen molar-refractivity contribution >= 4 is 22.0 Å². The molecule has 3 rings (SSSR count). The molecular weight excluding hydrogens is 252 g/mol. The first-order chi connectivity index (χ1) is 7.34. The molecule has 1 aromatic carbocycles. The van der Waals surface area contributed by atoms with Crippen LogP contribution in [0.3, 0.4) is 0 Å². The van der Waals surface area contributed by atoms with Crippen molar-refractivity contribution in [2.75, 3.05) is 0 Å². The summed E-state index contributed by atoms with van der Waals surface area (Å²) in [7, 11) is 0. The molecule has 74 valence electrons. The Morgan fingerprint density at radius 2 is 2.13 bits per heavy atom. The van der Waals surface area contributed by atoms with Crippen molar-refractivity contribution in [3.63, 3.8) is 0 Å². The van der Waals surface area contributed by atoms with Crippen molar-refractivity contribution in [2.45, 2.75) is 6.10 Å². The van der Waals surface area contributed by atoms with E-state index < -0.39 is 0 Å². The zero-order valence-corrected chi connectivity index (χ0v) is 9.57. The Bertz CT molecular complexity index is 497. The van der Waals surface area contributed by atoms with E-state index in [9.17, 15) is 0 Å². The van der Waals surface area contributed by atoms with Gasteiger partial charge in [0, 0.05) is 10.0 Å². The van der Waals surface area contributed by atoms with Crippen LogP contribution in [0.5, 0.6) is 0 Å². The molecule has 0 aromatic heterocycles. The highest BCUT2D eigenvalue weighted by Crippen LogP contribution is 2.37. The fourth-order valence-electron chi connectivity index (χ4n) is 1.95. The van der Waals surface area contributed by atoms with Crippen molar-refractivity contribution in [3.05, 3.63) is 63.9 Å². The average Bonchev–Trinajstić information content (AvgIpc) is 2.28. The van der Waals surface area contributed by atoms with Crippen LogP contribution >= 0.6 is 15.9 Å². The molecule has 0 bridgehead atoms. The molecule has 1 atom stereocenters. The van der Waals surface area contributed by atoms with E-state index in [4.69, 9.17) is 4.74 Å². The van der Waals surface area contributed by atoms with E-state index in [1.165, 1.54) is 16.7 Å². The highest BCUT2D eigenvalue weighted by molar-refractivity contribution is 9.10. The van der Waals surface area contributed by atoms with Gasteiger partial charge in [-0.25, -0.2) is 0 Å². The zero-order valence-electron chi connectivity index (χ0n) is 7.98. The van der Waals surface area contributed by atoms with Crippen LogP contribution in [0, 0.1) is 0 Å². The number of hydrogen-bond acceptors (Lipinski definition) is 1. The third-order valence-electron chi connectivity index (χ3n) is 2.67. The molecule has 2 aliphatic rings. The Kier molecular flexibility index (Phi) is 2.03. The number of ether oxygens (including phenoxy) is 1. The van der Waals surface area contributed by atoms with Gasteiger partial charge >= 0.3 is 0 Å². The maximum absolute atomic E-state index is 5.63. The lowest BCUT2D eigenvalue weighted by molar-refractivity contribution is 0.177. The number of rotatable bonds is 0. The maximum atomic E-state index is 5.63. The van der Waals surface area contributed by atoms with Crippen molar-refractivity contribution in [2.24, 2.45) is 0 Å². The second kappa shape index (κ2) is 3.38. The van der Waals surface area contributed by atoms with Crippen LogP contribution in [0.2, 0.25) is 0 Å². The lowest BCUT2D eigenvalue weighted by Gasteiger charge is -2.25. The van der Waals surface area contributed by atoms with Crippen LogP contribution in [0.1, 0.15) is 17.2 Å². The van der Waals surface area contributed by atoms with Crippen LogP contribution in [0.15, 0.2) is 52.7 Å². The first-order valence-electron chi connectivity index (χ1n) is 4.84. The average molecular weight is 261 g/mol. The molecule has 2 heteroatoms. The smallest absolute Gasteiger partial charge is 0.149 e. The second-order valence-electron chi connectivity index (χ2n) is 3.62. The predicted octanol–water partition coefficient (Wildman–Crippen LogP) is 3.99. The summed E-state index contributed by atoms with van der Waals surface area (Å²) in [4.78, 5) is 0. The molecule has 0 N–H and O–H groups in total. The summed E-state index contributed by atoms with van der Waals surface area (Å²) in [6.45, 7) is 0.